The van der Waals surface area contributed by atoms with Crippen molar-refractivity contribution in [1.82, 2.24) is 9.38 Å². The van der Waals surface area contributed by atoms with Crippen LogP contribution in [0.1, 0.15) is 12.6 Å². The van der Waals surface area contributed by atoms with Crippen molar-refractivity contribution in [3.63, 3.8) is 0 Å². The van der Waals surface area contributed by atoms with E-state index >= 15 is 0 Å². The van der Waals surface area contributed by atoms with Gasteiger partial charge in [-0.2, -0.15) is 0 Å². The van der Waals surface area contributed by atoms with E-state index in [1.165, 1.54) is 16.7 Å². The number of hydrogen-bond acceptors (Lipinski definition) is 5. The van der Waals surface area contributed by atoms with Crippen molar-refractivity contribution >= 4 is 28.8 Å². The number of para-hydroxylation sites is 1. The molecule has 1 N–H and O–H groups in total. The Kier molecular flexibility index (Phi) is 6.37. The van der Waals surface area contributed by atoms with Crippen molar-refractivity contribution in [2.24, 2.45) is 0 Å². The molecule has 2 aromatic carbocycles. The van der Waals surface area contributed by atoms with Crippen LogP contribution >= 0.6 is 11.6 Å². The maximum Gasteiger partial charge on any atom is 0.265 e. The van der Waals surface area contributed by atoms with Crippen LogP contribution in [-0.2, 0) is 11.4 Å². The first kappa shape index (κ1) is 21.4. The van der Waals surface area contributed by atoms with Gasteiger partial charge in [0.15, 0.2) is 6.10 Å². The Bertz CT molecular complexity index is 1290. The van der Waals surface area contributed by atoms with Crippen LogP contribution in [0.3, 0.4) is 0 Å². The number of pyridine rings is 1. The second-order valence-electron chi connectivity index (χ2n) is 7.04. The molecular weight excluding hydrogens is 430 g/mol. The van der Waals surface area contributed by atoms with E-state index in [2.05, 4.69) is 10.3 Å². The first-order chi connectivity index (χ1) is 15.5. The number of nitrogens with one attached hydrogen (secondary N) is 1. The summed E-state index contributed by atoms with van der Waals surface area (Å²) in [5.41, 5.74) is 1.37. The van der Waals surface area contributed by atoms with Gasteiger partial charge in [-0.05, 0) is 55.5 Å². The summed E-state index contributed by atoms with van der Waals surface area (Å²) in [6, 6.07) is 20.8. The van der Waals surface area contributed by atoms with Crippen LogP contribution in [0.25, 0.3) is 5.65 Å². The average Bonchev–Trinajstić information content (AvgIpc) is 2.80. The number of carbonyl (C=O) groups excluding carboxylic acids is 1. The van der Waals surface area contributed by atoms with Crippen molar-refractivity contribution in [3.8, 4) is 11.5 Å². The molecule has 0 fully saturated rings. The highest BCUT2D eigenvalue weighted by atomic mass is 35.5. The highest BCUT2D eigenvalue weighted by Crippen LogP contribution is 2.18. The van der Waals surface area contributed by atoms with Crippen molar-refractivity contribution in [2.75, 3.05) is 5.32 Å². The molecule has 0 aliphatic carbocycles. The molecular formula is C24H20ClN3O4. The molecule has 2 aromatic heterocycles. The zero-order valence-corrected chi connectivity index (χ0v) is 18.0. The van der Waals surface area contributed by atoms with Crippen molar-refractivity contribution < 1.29 is 14.3 Å². The highest BCUT2D eigenvalue weighted by molar-refractivity contribution is 6.30. The van der Waals surface area contributed by atoms with Crippen LogP contribution in [0.5, 0.6) is 11.5 Å². The summed E-state index contributed by atoms with van der Waals surface area (Å²) in [7, 11) is 0. The molecule has 0 saturated carbocycles. The maximum absolute atomic E-state index is 12.4. The van der Waals surface area contributed by atoms with E-state index < -0.39 is 6.10 Å². The molecule has 7 nitrogen and oxygen atoms in total. The lowest BCUT2D eigenvalue weighted by atomic mass is 10.2. The summed E-state index contributed by atoms with van der Waals surface area (Å²) in [5, 5.41) is 3.27. The summed E-state index contributed by atoms with van der Waals surface area (Å²) >= 11 is 5.92. The SMILES string of the molecule is CC(Oc1ccccc1)C(=O)Nc1ccc(OCc2cc(=O)n3cc(Cl)ccc3n2)cc1. The van der Waals surface area contributed by atoms with Gasteiger partial charge in [0.2, 0.25) is 0 Å². The number of hydrogen-bond donors (Lipinski definition) is 1. The molecule has 1 atom stereocenters. The molecule has 4 aromatic rings. The molecule has 8 heteroatoms. The number of aromatic nitrogens is 2. The Morgan fingerprint density at radius 2 is 1.81 bits per heavy atom. The molecule has 0 bridgehead atoms. The Hall–Kier alpha value is -3.84. The molecule has 2 heterocycles. The lowest BCUT2D eigenvalue weighted by molar-refractivity contribution is -0.122. The fourth-order valence-corrected chi connectivity index (χ4v) is 3.15. The van der Waals surface area contributed by atoms with Gasteiger partial charge >= 0.3 is 0 Å². The highest BCUT2D eigenvalue weighted by Gasteiger charge is 2.14. The van der Waals surface area contributed by atoms with Crippen LogP contribution in [-0.4, -0.2) is 21.4 Å². The number of nitrogens with zero attached hydrogens (tertiary/aromatic N) is 2. The van der Waals surface area contributed by atoms with Crippen LogP contribution in [0.4, 0.5) is 5.69 Å². The van der Waals surface area contributed by atoms with Gasteiger partial charge in [-0.15, -0.1) is 0 Å². The normalized spacial score (nSPS) is 11.7. The molecule has 0 saturated heterocycles. The maximum atomic E-state index is 12.4. The van der Waals surface area contributed by atoms with Crippen molar-refractivity contribution in [3.05, 3.63) is 100 Å². The topological polar surface area (TPSA) is 81.9 Å². The third kappa shape index (κ3) is 5.25. The molecule has 162 valence electrons. The van der Waals surface area contributed by atoms with Crippen LogP contribution in [0.2, 0.25) is 5.02 Å². The van der Waals surface area contributed by atoms with Gasteiger partial charge < -0.3 is 14.8 Å². The largest absolute Gasteiger partial charge is 0.487 e. The standard InChI is InChI=1S/C24H20ClN3O4/c1-16(32-21-5-3-2-4-6-21)24(30)27-18-8-10-20(11-9-18)31-15-19-13-23(29)28-14-17(25)7-12-22(28)26-19/h2-14,16H,15H2,1H3,(H,27,30). The number of carbonyl (C=O) groups is 1. The first-order valence-electron chi connectivity index (χ1n) is 9.91. The van der Waals surface area contributed by atoms with Crippen LogP contribution < -0.4 is 20.3 Å². The summed E-state index contributed by atoms with van der Waals surface area (Å²) in [4.78, 5) is 29.0. The summed E-state index contributed by atoms with van der Waals surface area (Å²) in [5.74, 6) is 0.946. The number of halogens is 1. The minimum Gasteiger partial charge on any atom is -0.487 e. The predicted octanol–water partition coefficient (Wildman–Crippen LogP) is 4.33. The third-order valence-electron chi connectivity index (χ3n) is 4.61. The lowest BCUT2D eigenvalue weighted by Crippen LogP contribution is -2.30. The number of amides is 1. The number of benzene rings is 2. The summed E-state index contributed by atoms with van der Waals surface area (Å²) in [6.07, 6.45) is 0.872. The van der Waals surface area contributed by atoms with Crippen molar-refractivity contribution in [2.45, 2.75) is 19.6 Å². The monoisotopic (exact) mass is 449 g/mol. The Labute approximate surface area is 189 Å². The van der Waals surface area contributed by atoms with Gasteiger partial charge in [0, 0.05) is 18.0 Å². The summed E-state index contributed by atoms with van der Waals surface area (Å²) in [6.45, 7) is 1.81. The molecule has 0 spiro atoms. The van der Waals surface area contributed by atoms with Crippen molar-refractivity contribution in [1.29, 1.82) is 0 Å². The van der Waals surface area contributed by atoms with Crippen LogP contribution in [0.15, 0.2) is 83.8 Å². The van der Waals surface area contributed by atoms with Gasteiger partial charge in [0.05, 0.1) is 10.7 Å². The van der Waals surface area contributed by atoms with E-state index in [4.69, 9.17) is 21.1 Å². The second kappa shape index (κ2) is 9.53. The fourth-order valence-electron chi connectivity index (χ4n) is 2.99. The number of rotatable bonds is 7. The molecule has 1 unspecified atom stereocenters. The number of anilines is 1. The smallest absolute Gasteiger partial charge is 0.265 e. The molecule has 4 rings (SSSR count). The van der Waals surface area contributed by atoms with Gasteiger partial charge in [0.25, 0.3) is 11.5 Å². The van der Waals surface area contributed by atoms with E-state index in [1.54, 1.807) is 55.5 Å². The lowest BCUT2D eigenvalue weighted by Gasteiger charge is -2.15. The van der Waals surface area contributed by atoms with Gasteiger partial charge in [-0.25, -0.2) is 4.98 Å². The van der Waals surface area contributed by atoms with Crippen LogP contribution in [0, 0.1) is 0 Å². The van der Waals surface area contributed by atoms with E-state index in [-0.39, 0.29) is 18.1 Å². The molecule has 1 amide bonds. The zero-order valence-electron chi connectivity index (χ0n) is 17.2. The number of fused-ring (bicyclic) bond motifs is 1. The Morgan fingerprint density at radius 1 is 1.06 bits per heavy atom. The van der Waals surface area contributed by atoms with Gasteiger partial charge in [-0.1, -0.05) is 29.8 Å². The molecule has 0 aliphatic rings. The molecule has 0 radical (unpaired) electrons. The quantitative estimate of drug-likeness (QED) is 0.454. The predicted molar refractivity (Wildman–Crippen MR) is 122 cm³/mol. The Morgan fingerprint density at radius 3 is 2.56 bits per heavy atom. The minimum absolute atomic E-state index is 0.127. The molecule has 0 aliphatic heterocycles. The third-order valence-corrected chi connectivity index (χ3v) is 4.83. The minimum atomic E-state index is -0.652. The number of ether oxygens (including phenoxy) is 2. The van der Waals surface area contributed by atoms with E-state index in [0.29, 0.717) is 33.6 Å². The van der Waals surface area contributed by atoms with E-state index in [9.17, 15) is 9.59 Å². The average molecular weight is 450 g/mol. The van der Waals surface area contributed by atoms with E-state index in [0.717, 1.165) is 0 Å². The first-order valence-corrected chi connectivity index (χ1v) is 10.3. The second-order valence-corrected chi connectivity index (χ2v) is 7.47. The van der Waals surface area contributed by atoms with Gasteiger partial charge in [0.1, 0.15) is 23.8 Å². The fraction of sp³-hybridized carbons (Fsp3) is 0.125. The van der Waals surface area contributed by atoms with Gasteiger partial charge in [-0.3, -0.25) is 14.0 Å². The zero-order chi connectivity index (χ0) is 22.5. The van der Waals surface area contributed by atoms with E-state index in [1.807, 2.05) is 18.2 Å². The Balaban J connectivity index is 1.35. The summed E-state index contributed by atoms with van der Waals surface area (Å²) < 4.78 is 12.7. The molecule has 32 heavy (non-hydrogen) atoms.